The van der Waals surface area contributed by atoms with Crippen molar-refractivity contribution < 1.29 is 23.5 Å². The number of rotatable bonds is 8. The van der Waals surface area contributed by atoms with Gasteiger partial charge in [0.2, 0.25) is 0 Å². The SMILES string of the molecule is CCC(C)OC(=O)c1c(NC(=O)c2ccc(COc3c(C)cccc3C)o2)sc2c1CCCC2. The summed E-state index contributed by atoms with van der Waals surface area (Å²) in [5.74, 6) is 0.779. The van der Waals surface area contributed by atoms with Crippen molar-refractivity contribution in [2.24, 2.45) is 0 Å². The molecule has 0 saturated carbocycles. The van der Waals surface area contributed by atoms with Crippen LogP contribution in [-0.2, 0) is 24.2 Å². The number of carbonyl (C=O) groups excluding carboxylic acids is 2. The minimum Gasteiger partial charge on any atom is -0.485 e. The van der Waals surface area contributed by atoms with Crippen LogP contribution in [0.4, 0.5) is 5.00 Å². The normalized spacial score (nSPS) is 13.8. The largest absolute Gasteiger partial charge is 0.485 e. The Morgan fingerprint density at radius 1 is 1.12 bits per heavy atom. The van der Waals surface area contributed by atoms with E-state index in [9.17, 15) is 9.59 Å². The second-order valence-electron chi connectivity index (χ2n) is 8.77. The second kappa shape index (κ2) is 10.5. The maximum absolute atomic E-state index is 13.0. The van der Waals surface area contributed by atoms with Gasteiger partial charge < -0.3 is 19.2 Å². The molecule has 0 fully saturated rings. The summed E-state index contributed by atoms with van der Waals surface area (Å²) in [4.78, 5) is 27.1. The topological polar surface area (TPSA) is 77.8 Å². The third kappa shape index (κ3) is 5.20. The molecular formula is C27H31NO5S. The van der Waals surface area contributed by atoms with Crippen LogP contribution in [0.3, 0.4) is 0 Å². The third-order valence-electron chi connectivity index (χ3n) is 6.14. The number of esters is 1. The standard InChI is InChI=1S/C27H31NO5S/c1-5-18(4)32-27(30)23-20-11-6-7-12-22(20)34-26(23)28-25(29)21-14-13-19(33-21)15-31-24-16(2)9-8-10-17(24)3/h8-10,13-14,18H,5-7,11-12,15H2,1-4H3,(H,28,29). The zero-order valence-corrected chi connectivity index (χ0v) is 21.0. The molecule has 1 amide bonds. The molecule has 6 nitrogen and oxygen atoms in total. The number of para-hydroxylation sites is 1. The number of ether oxygens (including phenoxy) is 2. The molecule has 1 atom stereocenters. The highest BCUT2D eigenvalue weighted by Gasteiger charge is 2.28. The van der Waals surface area contributed by atoms with Crippen molar-refractivity contribution in [3.05, 3.63) is 69.0 Å². The molecule has 7 heteroatoms. The lowest BCUT2D eigenvalue weighted by Crippen LogP contribution is -2.18. The number of benzene rings is 1. The molecule has 1 aliphatic rings. The molecule has 0 bridgehead atoms. The minimum absolute atomic E-state index is 0.174. The average Bonchev–Trinajstić information content (AvgIpc) is 3.43. The average molecular weight is 482 g/mol. The first-order valence-corrected chi connectivity index (χ1v) is 12.6. The fraction of sp³-hybridized carbons (Fsp3) is 0.407. The number of anilines is 1. The van der Waals surface area contributed by atoms with Crippen molar-refractivity contribution in [1.82, 2.24) is 0 Å². The first-order chi connectivity index (χ1) is 16.4. The van der Waals surface area contributed by atoms with Gasteiger partial charge in [-0.1, -0.05) is 25.1 Å². The molecule has 1 unspecified atom stereocenters. The van der Waals surface area contributed by atoms with E-state index in [1.165, 1.54) is 11.3 Å². The number of furan rings is 1. The van der Waals surface area contributed by atoms with Gasteiger partial charge in [-0.25, -0.2) is 4.79 Å². The van der Waals surface area contributed by atoms with Gasteiger partial charge in [-0.3, -0.25) is 4.79 Å². The summed E-state index contributed by atoms with van der Waals surface area (Å²) in [6.07, 6.45) is 4.41. The Bertz CT molecular complexity index is 1170. The molecular weight excluding hydrogens is 450 g/mol. The highest BCUT2D eigenvalue weighted by atomic mass is 32.1. The van der Waals surface area contributed by atoms with Crippen LogP contribution in [0.25, 0.3) is 0 Å². The van der Waals surface area contributed by atoms with E-state index in [1.54, 1.807) is 12.1 Å². The molecule has 3 aromatic rings. The number of hydrogen-bond donors (Lipinski definition) is 1. The van der Waals surface area contributed by atoms with Crippen molar-refractivity contribution in [3.8, 4) is 5.75 Å². The van der Waals surface area contributed by atoms with E-state index in [4.69, 9.17) is 13.9 Å². The third-order valence-corrected chi connectivity index (χ3v) is 7.35. The zero-order chi connectivity index (χ0) is 24.2. The lowest BCUT2D eigenvalue weighted by Gasteiger charge is -2.15. The number of carbonyl (C=O) groups is 2. The van der Waals surface area contributed by atoms with E-state index < -0.39 is 5.91 Å². The molecule has 0 spiro atoms. The van der Waals surface area contributed by atoms with Gasteiger partial charge in [-0.2, -0.15) is 0 Å². The van der Waals surface area contributed by atoms with Gasteiger partial charge >= 0.3 is 5.97 Å². The molecule has 1 N–H and O–H groups in total. The highest BCUT2D eigenvalue weighted by molar-refractivity contribution is 7.17. The van der Waals surface area contributed by atoms with Crippen LogP contribution in [0.5, 0.6) is 5.75 Å². The van der Waals surface area contributed by atoms with Gasteiger partial charge in [0.25, 0.3) is 5.91 Å². The summed E-state index contributed by atoms with van der Waals surface area (Å²) in [7, 11) is 0. The fourth-order valence-corrected chi connectivity index (χ4v) is 5.38. The summed E-state index contributed by atoms with van der Waals surface area (Å²) >= 11 is 1.47. The van der Waals surface area contributed by atoms with Gasteiger partial charge in [0.1, 0.15) is 23.1 Å². The van der Waals surface area contributed by atoms with Crippen molar-refractivity contribution in [2.75, 3.05) is 5.32 Å². The van der Waals surface area contributed by atoms with Gasteiger partial charge in [0, 0.05) is 4.88 Å². The van der Waals surface area contributed by atoms with E-state index in [2.05, 4.69) is 5.32 Å². The van der Waals surface area contributed by atoms with Crippen molar-refractivity contribution >= 4 is 28.2 Å². The van der Waals surface area contributed by atoms with E-state index in [0.29, 0.717) is 16.3 Å². The van der Waals surface area contributed by atoms with Crippen LogP contribution in [0, 0.1) is 13.8 Å². The number of amides is 1. The Hall–Kier alpha value is -3.06. The smallest absolute Gasteiger partial charge is 0.341 e. The van der Waals surface area contributed by atoms with E-state index in [-0.39, 0.29) is 24.4 Å². The molecule has 180 valence electrons. The van der Waals surface area contributed by atoms with E-state index in [0.717, 1.165) is 59.4 Å². The summed E-state index contributed by atoms with van der Waals surface area (Å²) < 4.78 is 17.3. The van der Waals surface area contributed by atoms with Gasteiger partial charge in [-0.05, 0) is 81.7 Å². The van der Waals surface area contributed by atoms with Crippen LogP contribution in [0.2, 0.25) is 0 Å². The molecule has 4 rings (SSSR count). The molecule has 1 aliphatic carbocycles. The summed E-state index contributed by atoms with van der Waals surface area (Å²) in [6, 6.07) is 9.34. The van der Waals surface area contributed by atoms with E-state index >= 15 is 0 Å². The molecule has 0 aliphatic heterocycles. The maximum atomic E-state index is 13.0. The summed E-state index contributed by atoms with van der Waals surface area (Å²) in [5.41, 5.74) is 3.60. The Kier molecular flexibility index (Phi) is 7.41. The Labute approximate surface area is 204 Å². The zero-order valence-electron chi connectivity index (χ0n) is 20.2. The van der Waals surface area contributed by atoms with Crippen molar-refractivity contribution in [3.63, 3.8) is 0 Å². The quantitative estimate of drug-likeness (QED) is 0.366. The number of hydrogen-bond acceptors (Lipinski definition) is 6. The Balaban J connectivity index is 1.49. The number of fused-ring (bicyclic) bond motifs is 1. The molecule has 34 heavy (non-hydrogen) atoms. The van der Waals surface area contributed by atoms with Gasteiger partial charge in [0.15, 0.2) is 5.76 Å². The lowest BCUT2D eigenvalue weighted by atomic mass is 9.95. The van der Waals surface area contributed by atoms with E-state index in [1.807, 2.05) is 45.9 Å². The number of thiophene rings is 1. The molecule has 2 heterocycles. The van der Waals surface area contributed by atoms with Crippen LogP contribution in [0.1, 0.15) is 81.4 Å². The predicted octanol–water partition coefficient (Wildman–Crippen LogP) is 6.62. The number of nitrogens with one attached hydrogen (secondary N) is 1. The van der Waals surface area contributed by atoms with Crippen molar-refractivity contribution in [1.29, 1.82) is 0 Å². The fourth-order valence-electron chi connectivity index (χ4n) is 4.11. The van der Waals surface area contributed by atoms with Crippen LogP contribution < -0.4 is 10.1 Å². The molecule has 2 aromatic heterocycles. The summed E-state index contributed by atoms with van der Waals surface area (Å²) in [6.45, 7) is 8.06. The second-order valence-corrected chi connectivity index (χ2v) is 9.87. The van der Waals surface area contributed by atoms with Gasteiger partial charge in [0.05, 0.1) is 11.7 Å². The van der Waals surface area contributed by atoms with Crippen LogP contribution >= 0.6 is 11.3 Å². The first kappa shape index (κ1) is 24.1. The number of aryl methyl sites for hydroxylation is 3. The lowest BCUT2D eigenvalue weighted by molar-refractivity contribution is 0.0335. The predicted molar refractivity (Wildman–Crippen MR) is 133 cm³/mol. The first-order valence-electron chi connectivity index (χ1n) is 11.8. The van der Waals surface area contributed by atoms with Crippen LogP contribution in [-0.4, -0.2) is 18.0 Å². The Morgan fingerprint density at radius 2 is 1.85 bits per heavy atom. The molecule has 0 radical (unpaired) electrons. The molecule has 0 saturated heterocycles. The van der Waals surface area contributed by atoms with Gasteiger partial charge in [-0.15, -0.1) is 11.3 Å². The Morgan fingerprint density at radius 3 is 2.59 bits per heavy atom. The molecule has 1 aromatic carbocycles. The maximum Gasteiger partial charge on any atom is 0.341 e. The van der Waals surface area contributed by atoms with Crippen LogP contribution in [0.15, 0.2) is 34.7 Å². The monoisotopic (exact) mass is 481 g/mol. The summed E-state index contributed by atoms with van der Waals surface area (Å²) in [5, 5.41) is 3.44. The van der Waals surface area contributed by atoms with Crippen molar-refractivity contribution in [2.45, 2.75) is 72.5 Å². The highest BCUT2D eigenvalue weighted by Crippen LogP contribution is 2.39. The minimum atomic E-state index is -0.394.